The van der Waals surface area contributed by atoms with Crippen molar-refractivity contribution in [3.8, 4) is 11.4 Å². The molecule has 2 rings (SSSR count). The summed E-state index contributed by atoms with van der Waals surface area (Å²) < 4.78 is 1.23. The fraction of sp³-hybridized carbons (Fsp3) is 0. The number of hydrogen-bond donors (Lipinski definition) is 1. The van der Waals surface area contributed by atoms with Crippen molar-refractivity contribution < 1.29 is 0 Å². The average molecular weight is 222 g/mol. The van der Waals surface area contributed by atoms with Crippen molar-refractivity contribution in [3.05, 3.63) is 24.3 Å². The molecule has 0 saturated carbocycles. The molecule has 0 fully saturated rings. The third kappa shape index (κ3) is 1.25. The predicted molar refractivity (Wildman–Crippen MR) is 47.8 cm³/mol. The summed E-state index contributed by atoms with van der Waals surface area (Å²) in [5, 5.41) is 13.6. The molecule has 0 aliphatic carbocycles. The summed E-state index contributed by atoms with van der Waals surface area (Å²) in [5.41, 5.74) is 1.07. The zero-order chi connectivity index (χ0) is 8.39. The van der Waals surface area contributed by atoms with Crippen LogP contribution in [0.1, 0.15) is 0 Å². The monoisotopic (exact) mass is 222 g/mol. The van der Waals surface area contributed by atoms with Gasteiger partial charge < -0.3 is 0 Å². The molecule has 1 aromatic carbocycles. The molecule has 0 radical (unpaired) electrons. The molecular formula is C7H7AsN4. The fourth-order valence-corrected chi connectivity index (χ4v) is 1.71. The van der Waals surface area contributed by atoms with Gasteiger partial charge in [-0.1, -0.05) is 0 Å². The molecule has 1 N–H and O–H groups in total. The van der Waals surface area contributed by atoms with E-state index in [4.69, 9.17) is 0 Å². The quantitative estimate of drug-likeness (QED) is 0.638. The predicted octanol–water partition coefficient (Wildman–Crippen LogP) is -0.875. The van der Waals surface area contributed by atoms with Gasteiger partial charge in [0, 0.05) is 0 Å². The molecule has 1 atom stereocenters. The molecule has 1 heterocycles. The summed E-state index contributed by atoms with van der Waals surface area (Å²) in [6.07, 6.45) is 0. The number of benzene rings is 1. The van der Waals surface area contributed by atoms with Gasteiger partial charge >= 0.3 is 77.5 Å². The number of rotatable bonds is 1. The van der Waals surface area contributed by atoms with E-state index >= 15 is 0 Å². The second-order valence-corrected chi connectivity index (χ2v) is 3.64. The normalized spacial score (nSPS) is 10.1. The summed E-state index contributed by atoms with van der Waals surface area (Å²) >= 11 is 1.57. The van der Waals surface area contributed by atoms with Gasteiger partial charge in [-0.25, -0.2) is 0 Å². The van der Waals surface area contributed by atoms with Crippen molar-refractivity contribution in [2.45, 2.75) is 0 Å². The Bertz CT molecular complexity index is 371. The Balaban J connectivity index is 2.55. The summed E-state index contributed by atoms with van der Waals surface area (Å²) in [7, 11) is 0. The first kappa shape index (κ1) is 7.50. The van der Waals surface area contributed by atoms with Crippen LogP contribution >= 0.6 is 0 Å². The molecule has 12 heavy (non-hydrogen) atoms. The van der Waals surface area contributed by atoms with Crippen LogP contribution in [0.2, 0.25) is 0 Å². The van der Waals surface area contributed by atoms with Crippen LogP contribution in [0.15, 0.2) is 24.3 Å². The van der Waals surface area contributed by atoms with E-state index in [0.717, 1.165) is 11.4 Å². The molecule has 1 aromatic heterocycles. The van der Waals surface area contributed by atoms with Crippen LogP contribution in [0.25, 0.3) is 11.4 Å². The molecular weight excluding hydrogens is 215 g/mol. The molecule has 0 bridgehead atoms. The molecule has 0 spiro atoms. The average Bonchev–Trinajstić information content (AvgIpc) is 2.57. The minimum atomic E-state index is 0.731. The van der Waals surface area contributed by atoms with E-state index in [1.54, 1.807) is 16.9 Å². The van der Waals surface area contributed by atoms with Crippen LogP contribution in [0, 0.1) is 0 Å². The second kappa shape index (κ2) is 3.07. The SMILES string of the molecule is [AsH2]c1ccccc1-c1nnn[nH]1. The van der Waals surface area contributed by atoms with Crippen LogP contribution in [-0.4, -0.2) is 37.5 Å². The van der Waals surface area contributed by atoms with E-state index in [0.29, 0.717) is 0 Å². The molecule has 0 saturated heterocycles. The Hall–Kier alpha value is -1.15. The number of aromatic nitrogens is 4. The summed E-state index contributed by atoms with van der Waals surface area (Å²) in [5.74, 6) is 0.731. The zero-order valence-corrected chi connectivity index (χ0v) is 8.65. The van der Waals surface area contributed by atoms with Gasteiger partial charge in [0.2, 0.25) is 0 Å². The molecule has 0 aliphatic heterocycles. The van der Waals surface area contributed by atoms with Gasteiger partial charge in [-0.05, 0) is 0 Å². The van der Waals surface area contributed by atoms with E-state index in [1.165, 1.54) is 4.35 Å². The second-order valence-electron chi connectivity index (χ2n) is 2.34. The maximum atomic E-state index is 3.84. The Labute approximate surface area is 77.9 Å². The van der Waals surface area contributed by atoms with E-state index in [-0.39, 0.29) is 0 Å². The maximum absolute atomic E-state index is 3.84. The molecule has 0 aliphatic rings. The molecule has 5 heteroatoms. The van der Waals surface area contributed by atoms with E-state index in [9.17, 15) is 0 Å². The van der Waals surface area contributed by atoms with E-state index in [1.807, 2.05) is 18.2 Å². The standard InChI is InChI=1S/C7H7AsN4/c8-6-4-2-1-3-5(6)7-9-11-12-10-7/h1-4H,8H2,(H,9,10,11,12). The van der Waals surface area contributed by atoms with Crippen LogP contribution in [0.4, 0.5) is 0 Å². The van der Waals surface area contributed by atoms with Crippen molar-refractivity contribution >= 4 is 21.2 Å². The van der Waals surface area contributed by atoms with Gasteiger partial charge in [-0.2, -0.15) is 0 Å². The molecule has 60 valence electrons. The van der Waals surface area contributed by atoms with Crippen molar-refractivity contribution in [2.24, 2.45) is 0 Å². The van der Waals surface area contributed by atoms with E-state index < -0.39 is 0 Å². The third-order valence-corrected chi connectivity index (χ3v) is 2.62. The summed E-state index contributed by atoms with van der Waals surface area (Å²) in [6.45, 7) is 0. The number of tetrazole rings is 1. The number of aromatic amines is 1. The third-order valence-electron chi connectivity index (χ3n) is 1.56. The Kier molecular flexibility index (Phi) is 1.92. The molecule has 0 amide bonds. The number of hydrogen-bond acceptors (Lipinski definition) is 3. The summed E-state index contributed by atoms with van der Waals surface area (Å²) in [4.78, 5) is 0. The van der Waals surface area contributed by atoms with Crippen molar-refractivity contribution in [3.63, 3.8) is 0 Å². The van der Waals surface area contributed by atoms with Crippen LogP contribution in [-0.2, 0) is 0 Å². The molecule has 1 unspecified atom stereocenters. The van der Waals surface area contributed by atoms with Crippen molar-refractivity contribution in [2.75, 3.05) is 0 Å². The summed E-state index contributed by atoms with van der Waals surface area (Å²) in [6, 6.07) is 8.03. The van der Waals surface area contributed by atoms with Gasteiger partial charge in [0.25, 0.3) is 0 Å². The van der Waals surface area contributed by atoms with Crippen LogP contribution in [0.5, 0.6) is 0 Å². The Morgan fingerprint density at radius 3 is 2.75 bits per heavy atom. The number of nitrogens with one attached hydrogen (secondary N) is 1. The minimum absolute atomic E-state index is 0.731. The first-order valence-electron chi connectivity index (χ1n) is 3.46. The van der Waals surface area contributed by atoms with Gasteiger partial charge in [0.05, 0.1) is 0 Å². The number of H-pyrrole nitrogens is 1. The zero-order valence-electron chi connectivity index (χ0n) is 6.23. The van der Waals surface area contributed by atoms with Crippen LogP contribution < -0.4 is 4.35 Å². The van der Waals surface area contributed by atoms with Crippen LogP contribution in [0.3, 0.4) is 0 Å². The Morgan fingerprint density at radius 2 is 2.08 bits per heavy atom. The topological polar surface area (TPSA) is 54.5 Å². The van der Waals surface area contributed by atoms with Crippen molar-refractivity contribution in [1.82, 2.24) is 20.6 Å². The first-order chi connectivity index (χ1) is 5.88. The van der Waals surface area contributed by atoms with Gasteiger partial charge in [0.15, 0.2) is 0 Å². The fourth-order valence-electron chi connectivity index (χ4n) is 0.986. The van der Waals surface area contributed by atoms with Gasteiger partial charge in [-0.3, -0.25) is 0 Å². The van der Waals surface area contributed by atoms with Gasteiger partial charge in [-0.15, -0.1) is 0 Å². The van der Waals surface area contributed by atoms with Crippen molar-refractivity contribution in [1.29, 1.82) is 0 Å². The molecule has 4 nitrogen and oxygen atoms in total. The number of nitrogens with zero attached hydrogens (tertiary/aromatic N) is 3. The Morgan fingerprint density at radius 1 is 1.25 bits per heavy atom. The first-order valence-corrected chi connectivity index (χ1v) is 4.67. The van der Waals surface area contributed by atoms with E-state index in [2.05, 4.69) is 26.7 Å². The molecule has 2 aromatic rings. The van der Waals surface area contributed by atoms with Gasteiger partial charge in [0.1, 0.15) is 0 Å².